The van der Waals surface area contributed by atoms with Gasteiger partial charge in [0.1, 0.15) is 5.82 Å². The molecule has 0 spiro atoms. The molecule has 0 fully saturated rings. The number of imidazole rings is 1. The van der Waals surface area contributed by atoms with E-state index >= 15 is 0 Å². The first-order valence-electron chi connectivity index (χ1n) is 4.97. The van der Waals surface area contributed by atoms with E-state index in [1.807, 2.05) is 7.05 Å². The number of aromatic nitrogens is 2. The zero-order valence-corrected chi connectivity index (χ0v) is 10.8. The van der Waals surface area contributed by atoms with Crippen LogP contribution in [0.1, 0.15) is 17.9 Å². The monoisotopic (exact) mass is 251 g/mol. The molecular formula is C10H19Cl2N3. The van der Waals surface area contributed by atoms with Gasteiger partial charge in [-0.05, 0) is 32.9 Å². The predicted octanol–water partition coefficient (Wildman–Crippen LogP) is 1.82. The minimum Gasteiger partial charge on any atom is -0.334 e. The van der Waals surface area contributed by atoms with Gasteiger partial charge in [-0.3, -0.25) is 0 Å². The second-order valence-corrected chi connectivity index (χ2v) is 3.91. The molecule has 2 heterocycles. The van der Waals surface area contributed by atoms with Crippen LogP contribution in [0.4, 0.5) is 0 Å². The molecule has 1 N–H and O–H groups in total. The minimum atomic E-state index is 0. The molecule has 0 saturated heterocycles. The van der Waals surface area contributed by atoms with Crippen molar-refractivity contribution >= 4 is 24.8 Å². The molecule has 0 radical (unpaired) electrons. The van der Waals surface area contributed by atoms with Gasteiger partial charge >= 0.3 is 0 Å². The summed E-state index contributed by atoms with van der Waals surface area (Å²) in [6, 6.07) is 0. The van der Waals surface area contributed by atoms with E-state index in [9.17, 15) is 0 Å². The van der Waals surface area contributed by atoms with Crippen molar-refractivity contribution in [3.05, 3.63) is 17.7 Å². The number of rotatable bonds is 2. The third kappa shape index (κ3) is 3.37. The molecule has 1 aromatic heterocycles. The van der Waals surface area contributed by atoms with Crippen molar-refractivity contribution < 1.29 is 0 Å². The van der Waals surface area contributed by atoms with Crippen LogP contribution in [-0.4, -0.2) is 23.1 Å². The SMILES string of the molecule is CNCC1CCc2nc(C)cn2C1.Cl.Cl. The fourth-order valence-corrected chi connectivity index (χ4v) is 2.11. The van der Waals surface area contributed by atoms with Gasteiger partial charge in [0.25, 0.3) is 0 Å². The molecule has 0 aliphatic carbocycles. The van der Waals surface area contributed by atoms with Crippen molar-refractivity contribution in [1.29, 1.82) is 0 Å². The van der Waals surface area contributed by atoms with Gasteiger partial charge in [-0.15, -0.1) is 24.8 Å². The van der Waals surface area contributed by atoms with E-state index in [0.717, 1.165) is 31.1 Å². The molecule has 88 valence electrons. The third-order valence-electron chi connectivity index (χ3n) is 2.70. The summed E-state index contributed by atoms with van der Waals surface area (Å²) in [4.78, 5) is 4.49. The Hall–Kier alpha value is -0.250. The molecule has 15 heavy (non-hydrogen) atoms. The summed E-state index contributed by atoms with van der Waals surface area (Å²) in [6.45, 7) is 4.33. The van der Waals surface area contributed by atoms with Crippen LogP contribution in [0.2, 0.25) is 0 Å². The number of hydrogen-bond acceptors (Lipinski definition) is 2. The smallest absolute Gasteiger partial charge is 0.108 e. The van der Waals surface area contributed by atoms with E-state index < -0.39 is 0 Å². The van der Waals surface area contributed by atoms with Crippen LogP contribution in [0, 0.1) is 12.8 Å². The fraction of sp³-hybridized carbons (Fsp3) is 0.700. The molecule has 1 aliphatic heterocycles. The van der Waals surface area contributed by atoms with Gasteiger partial charge in [-0.1, -0.05) is 0 Å². The van der Waals surface area contributed by atoms with Gasteiger partial charge in [-0.25, -0.2) is 4.98 Å². The molecular weight excluding hydrogens is 233 g/mol. The Balaban J connectivity index is 0.000000980. The predicted molar refractivity (Wildman–Crippen MR) is 67.2 cm³/mol. The van der Waals surface area contributed by atoms with Crippen molar-refractivity contribution in [3.8, 4) is 0 Å². The number of hydrogen-bond donors (Lipinski definition) is 1. The minimum absolute atomic E-state index is 0. The highest BCUT2D eigenvalue weighted by atomic mass is 35.5. The Morgan fingerprint density at radius 3 is 2.93 bits per heavy atom. The van der Waals surface area contributed by atoms with E-state index in [-0.39, 0.29) is 24.8 Å². The molecule has 1 atom stereocenters. The largest absolute Gasteiger partial charge is 0.334 e. The van der Waals surface area contributed by atoms with Gasteiger partial charge in [0.15, 0.2) is 0 Å². The van der Waals surface area contributed by atoms with Crippen LogP contribution >= 0.6 is 24.8 Å². The van der Waals surface area contributed by atoms with Crippen LogP contribution in [-0.2, 0) is 13.0 Å². The molecule has 3 nitrogen and oxygen atoms in total. The average molecular weight is 252 g/mol. The number of fused-ring (bicyclic) bond motifs is 1. The first kappa shape index (κ1) is 14.8. The molecule has 0 bridgehead atoms. The van der Waals surface area contributed by atoms with Crippen molar-refractivity contribution in [2.45, 2.75) is 26.3 Å². The van der Waals surface area contributed by atoms with Crippen LogP contribution in [0.15, 0.2) is 6.20 Å². The summed E-state index contributed by atoms with van der Waals surface area (Å²) in [5.41, 5.74) is 1.15. The van der Waals surface area contributed by atoms with Crippen LogP contribution in [0.3, 0.4) is 0 Å². The molecule has 1 aliphatic rings. The normalized spacial score (nSPS) is 18.7. The lowest BCUT2D eigenvalue weighted by molar-refractivity contribution is 0.356. The first-order valence-corrected chi connectivity index (χ1v) is 4.97. The first-order chi connectivity index (χ1) is 6.29. The van der Waals surface area contributed by atoms with E-state index in [2.05, 4.69) is 28.0 Å². The van der Waals surface area contributed by atoms with Gasteiger partial charge in [0, 0.05) is 19.2 Å². The van der Waals surface area contributed by atoms with Gasteiger partial charge in [-0.2, -0.15) is 0 Å². The number of halogens is 2. The van der Waals surface area contributed by atoms with E-state index in [1.165, 1.54) is 12.2 Å². The Morgan fingerprint density at radius 1 is 1.53 bits per heavy atom. The van der Waals surface area contributed by atoms with Crippen LogP contribution < -0.4 is 5.32 Å². The van der Waals surface area contributed by atoms with Crippen molar-refractivity contribution in [2.75, 3.05) is 13.6 Å². The van der Waals surface area contributed by atoms with E-state index in [1.54, 1.807) is 0 Å². The summed E-state index contributed by atoms with van der Waals surface area (Å²) in [5, 5.41) is 3.24. The van der Waals surface area contributed by atoms with Crippen molar-refractivity contribution in [2.24, 2.45) is 5.92 Å². The Morgan fingerprint density at radius 2 is 2.27 bits per heavy atom. The van der Waals surface area contributed by atoms with Crippen molar-refractivity contribution in [3.63, 3.8) is 0 Å². The third-order valence-corrected chi connectivity index (χ3v) is 2.70. The molecule has 2 rings (SSSR count). The highest BCUT2D eigenvalue weighted by Gasteiger charge is 2.18. The van der Waals surface area contributed by atoms with Crippen LogP contribution in [0.25, 0.3) is 0 Å². The average Bonchev–Trinajstić information content (AvgIpc) is 2.44. The van der Waals surface area contributed by atoms with E-state index in [4.69, 9.17) is 0 Å². The Kier molecular flexibility index (Phi) is 6.25. The molecule has 0 saturated carbocycles. The number of aryl methyl sites for hydroxylation is 2. The highest BCUT2D eigenvalue weighted by Crippen LogP contribution is 2.18. The lowest BCUT2D eigenvalue weighted by Gasteiger charge is -2.23. The number of nitrogens with one attached hydrogen (secondary N) is 1. The van der Waals surface area contributed by atoms with Gasteiger partial charge in [0.2, 0.25) is 0 Å². The summed E-state index contributed by atoms with van der Waals surface area (Å²) in [6.07, 6.45) is 4.58. The number of nitrogens with zero attached hydrogens (tertiary/aromatic N) is 2. The molecule has 1 unspecified atom stereocenters. The Bertz CT molecular complexity index is 299. The molecule has 0 amide bonds. The molecule has 1 aromatic rings. The summed E-state index contributed by atoms with van der Waals surface area (Å²) in [5.74, 6) is 2.05. The van der Waals surface area contributed by atoms with Crippen LogP contribution in [0.5, 0.6) is 0 Å². The van der Waals surface area contributed by atoms with E-state index in [0.29, 0.717) is 0 Å². The highest BCUT2D eigenvalue weighted by molar-refractivity contribution is 5.85. The maximum absolute atomic E-state index is 4.49. The van der Waals surface area contributed by atoms with Gasteiger partial charge in [0.05, 0.1) is 5.69 Å². The topological polar surface area (TPSA) is 29.9 Å². The Labute approximate surface area is 103 Å². The summed E-state index contributed by atoms with van der Waals surface area (Å²) < 4.78 is 2.31. The fourth-order valence-electron chi connectivity index (χ4n) is 2.11. The lowest BCUT2D eigenvalue weighted by Crippen LogP contribution is -2.27. The standard InChI is InChI=1S/C10H17N3.2ClH/c1-8-6-13-7-9(5-11-2)3-4-10(13)12-8;;/h6,9,11H,3-5,7H2,1-2H3;2*1H. The second-order valence-electron chi connectivity index (χ2n) is 3.91. The summed E-state index contributed by atoms with van der Waals surface area (Å²) in [7, 11) is 2.02. The maximum atomic E-state index is 4.49. The zero-order valence-electron chi connectivity index (χ0n) is 9.19. The maximum Gasteiger partial charge on any atom is 0.108 e. The second kappa shape index (κ2) is 6.36. The van der Waals surface area contributed by atoms with Gasteiger partial charge < -0.3 is 9.88 Å². The zero-order chi connectivity index (χ0) is 9.26. The molecule has 0 aromatic carbocycles. The summed E-state index contributed by atoms with van der Waals surface area (Å²) >= 11 is 0. The lowest BCUT2D eigenvalue weighted by atomic mass is 10.00. The van der Waals surface area contributed by atoms with Crippen molar-refractivity contribution in [1.82, 2.24) is 14.9 Å². The molecule has 5 heteroatoms. The quantitative estimate of drug-likeness (QED) is 0.870.